The number of hydrogen-bond acceptors (Lipinski definition) is 7. The van der Waals surface area contributed by atoms with Crippen LogP contribution in [-0.2, 0) is 5.54 Å². The fraction of sp³-hybridized carbons (Fsp3) is 0.333. The van der Waals surface area contributed by atoms with Crippen molar-refractivity contribution in [2.45, 2.75) is 38.8 Å². The van der Waals surface area contributed by atoms with Crippen LogP contribution in [0.4, 0.5) is 4.39 Å². The molecule has 0 fully saturated rings. The van der Waals surface area contributed by atoms with E-state index in [1.165, 1.54) is 12.1 Å². The Morgan fingerprint density at radius 2 is 1.84 bits per heavy atom. The SMILES string of the molecule is CC(C)(C)n1nnnc1[C@@H](c1cc2cc3c(cc2[nH]c1=O)OCO3)N1CC=C(c2ccc(F)cc2)CC1. The minimum atomic E-state index is -0.487. The van der Waals surface area contributed by atoms with E-state index in [0.717, 1.165) is 22.9 Å². The molecule has 10 heteroatoms. The summed E-state index contributed by atoms with van der Waals surface area (Å²) in [4.78, 5) is 18.7. The largest absolute Gasteiger partial charge is 0.454 e. The number of fused-ring (bicyclic) bond motifs is 2. The first-order valence-electron chi connectivity index (χ1n) is 12.2. The highest BCUT2D eigenvalue weighted by atomic mass is 19.1. The highest BCUT2D eigenvalue weighted by Crippen LogP contribution is 2.37. The molecule has 9 nitrogen and oxygen atoms in total. The van der Waals surface area contributed by atoms with Gasteiger partial charge < -0.3 is 14.5 Å². The Labute approximate surface area is 212 Å². The molecule has 0 saturated carbocycles. The third kappa shape index (κ3) is 4.27. The monoisotopic (exact) mass is 502 g/mol. The molecule has 0 amide bonds. The quantitative estimate of drug-likeness (QED) is 0.450. The number of halogens is 1. The van der Waals surface area contributed by atoms with Crippen molar-refractivity contribution >= 4 is 16.5 Å². The number of benzene rings is 2. The predicted octanol–water partition coefficient (Wildman–Crippen LogP) is 4.02. The first kappa shape index (κ1) is 23.4. The minimum Gasteiger partial charge on any atom is -0.454 e. The van der Waals surface area contributed by atoms with E-state index >= 15 is 0 Å². The number of tetrazole rings is 1. The highest BCUT2D eigenvalue weighted by molar-refractivity contribution is 5.83. The Bertz CT molecular complexity index is 1570. The second-order valence-electron chi connectivity index (χ2n) is 10.3. The number of nitrogens with one attached hydrogen (secondary N) is 1. The summed E-state index contributed by atoms with van der Waals surface area (Å²) in [7, 11) is 0. The van der Waals surface area contributed by atoms with Gasteiger partial charge in [0.05, 0.1) is 11.1 Å². The van der Waals surface area contributed by atoms with Crippen LogP contribution in [0.5, 0.6) is 11.5 Å². The smallest absolute Gasteiger partial charge is 0.253 e. The zero-order valence-corrected chi connectivity index (χ0v) is 20.9. The summed E-state index contributed by atoms with van der Waals surface area (Å²) < 4.78 is 26.2. The van der Waals surface area contributed by atoms with Gasteiger partial charge in [-0.15, -0.1) is 5.10 Å². The van der Waals surface area contributed by atoms with Crippen LogP contribution in [0.2, 0.25) is 0 Å². The van der Waals surface area contributed by atoms with Crippen LogP contribution in [0.1, 0.15) is 50.2 Å². The minimum absolute atomic E-state index is 0.155. The van der Waals surface area contributed by atoms with E-state index in [-0.39, 0.29) is 18.2 Å². The van der Waals surface area contributed by atoms with Gasteiger partial charge in [0.15, 0.2) is 17.3 Å². The molecule has 1 atom stereocenters. The van der Waals surface area contributed by atoms with E-state index in [4.69, 9.17) is 9.47 Å². The molecule has 2 aliphatic rings. The Morgan fingerprint density at radius 3 is 2.54 bits per heavy atom. The molecule has 6 rings (SSSR count). The van der Waals surface area contributed by atoms with Gasteiger partial charge in [-0.2, -0.15) is 0 Å². The van der Waals surface area contributed by atoms with Gasteiger partial charge in [0.25, 0.3) is 5.56 Å². The van der Waals surface area contributed by atoms with Crippen molar-refractivity contribution in [1.82, 2.24) is 30.1 Å². The van der Waals surface area contributed by atoms with Crippen molar-refractivity contribution < 1.29 is 13.9 Å². The first-order chi connectivity index (χ1) is 17.8. The number of rotatable bonds is 4. The van der Waals surface area contributed by atoms with Crippen LogP contribution < -0.4 is 15.0 Å². The molecular formula is C27H27FN6O3. The van der Waals surface area contributed by atoms with Crippen molar-refractivity contribution in [3.63, 3.8) is 0 Å². The van der Waals surface area contributed by atoms with E-state index in [1.807, 2.05) is 32.9 Å². The number of hydrogen-bond donors (Lipinski definition) is 1. The van der Waals surface area contributed by atoms with E-state index in [1.54, 1.807) is 22.9 Å². The number of nitrogens with zero attached hydrogens (tertiary/aromatic N) is 5. The van der Waals surface area contributed by atoms with Gasteiger partial charge >= 0.3 is 0 Å². The summed E-state index contributed by atoms with van der Waals surface area (Å²) in [6, 6.07) is 11.6. The maximum Gasteiger partial charge on any atom is 0.253 e. The fourth-order valence-electron chi connectivity index (χ4n) is 5.00. The second-order valence-corrected chi connectivity index (χ2v) is 10.3. The average molecular weight is 503 g/mol. The molecule has 190 valence electrons. The highest BCUT2D eigenvalue weighted by Gasteiger charge is 2.34. The molecule has 0 unspecified atom stereocenters. The molecular weight excluding hydrogens is 475 g/mol. The maximum atomic E-state index is 13.5. The summed E-state index contributed by atoms with van der Waals surface area (Å²) in [5.74, 6) is 1.59. The molecule has 4 heterocycles. The maximum absolute atomic E-state index is 13.5. The lowest BCUT2D eigenvalue weighted by Crippen LogP contribution is -2.39. The number of H-pyrrole nitrogens is 1. The van der Waals surface area contributed by atoms with Crippen LogP contribution in [-0.4, -0.2) is 50.0 Å². The predicted molar refractivity (Wildman–Crippen MR) is 136 cm³/mol. The molecule has 0 bridgehead atoms. The molecule has 2 aromatic carbocycles. The van der Waals surface area contributed by atoms with Crippen LogP contribution in [0.15, 0.2) is 53.3 Å². The fourth-order valence-corrected chi connectivity index (χ4v) is 5.00. The lowest BCUT2D eigenvalue weighted by atomic mass is 9.96. The summed E-state index contributed by atoms with van der Waals surface area (Å²) in [5.41, 5.74) is 2.75. The Kier molecular flexibility index (Phi) is 5.56. The van der Waals surface area contributed by atoms with Crippen molar-refractivity contribution in [2.24, 2.45) is 0 Å². The molecule has 0 saturated heterocycles. The molecule has 0 aliphatic carbocycles. The third-order valence-electron chi connectivity index (χ3n) is 6.86. The summed E-state index contributed by atoms with van der Waals surface area (Å²) >= 11 is 0. The number of pyridine rings is 1. The third-order valence-corrected chi connectivity index (χ3v) is 6.86. The topological polar surface area (TPSA) is 98.2 Å². The molecule has 0 spiro atoms. The molecule has 0 radical (unpaired) electrons. The van der Waals surface area contributed by atoms with Crippen LogP contribution in [0.25, 0.3) is 16.5 Å². The number of aromatic nitrogens is 5. The van der Waals surface area contributed by atoms with Gasteiger partial charge in [-0.3, -0.25) is 9.69 Å². The van der Waals surface area contributed by atoms with Crippen molar-refractivity contribution in [2.75, 3.05) is 19.9 Å². The normalized spacial score (nSPS) is 16.7. The van der Waals surface area contributed by atoms with Gasteiger partial charge in [0, 0.05) is 30.1 Å². The van der Waals surface area contributed by atoms with E-state index in [2.05, 4.69) is 31.5 Å². The van der Waals surface area contributed by atoms with E-state index in [0.29, 0.717) is 41.5 Å². The average Bonchev–Trinajstić information content (AvgIpc) is 3.54. The zero-order chi connectivity index (χ0) is 25.7. The summed E-state index contributed by atoms with van der Waals surface area (Å²) in [5, 5.41) is 13.5. The molecule has 2 aromatic heterocycles. The van der Waals surface area contributed by atoms with Gasteiger partial charge in [0.2, 0.25) is 6.79 Å². The number of aromatic amines is 1. The van der Waals surface area contributed by atoms with Gasteiger partial charge in [-0.05, 0) is 73.0 Å². The zero-order valence-electron chi connectivity index (χ0n) is 20.9. The summed E-state index contributed by atoms with van der Waals surface area (Å²) in [6.07, 6.45) is 2.87. The number of ether oxygens (including phenoxy) is 2. The van der Waals surface area contributed by atoms with Crippen LogP contribution >= 0.6 is 0 Å². The molecule has 1 N–H and O–H groups in total. The first-order valence-corrected chi connectivity index (χ1v) is 12.2. The van der Waals surface area contributed by atoms with Gasteiger partial charge in [-0.25, -0.2) is 9.07 Å². The van der Waals surface area contributed by atoms with E-state index < -0.39 is 11.6 Å². The molecule has 37 heavy (non-hydrogen) atoms. The van der Waals surface area contributed by atoms with Crippen LogP contribution in [0, 0.1) is 5.82 Å². The molecule has 4 aromatic rings. The van der Waals surface area contributed by atoms with Crippen molar-refractivity contribution in [1.29, 1.82) is 0 Å². The Balaban J connectivity index is 1.45. The van der Waals surface area contributed by atoms with Gasteiger partial charge in [0.1, 0.15) is 11.9 Å². The Morgan fingerprint density at radius 1 is 1.08 bits per heavy atom. The molecule has 2 aliphatic heterocycles. The Hall–Kier alpha value is -4.05. The van der Waals surface area contributed by atoms with Crippen molar-refractivity contribution in [3.8, 4) is 11.5 Å². The second kappa shape index (κ2) is 8.81. The van der Waals surface area contributed by atoms with E-state index in [9.17, 15) is 9.18 Å². The van der Waals surface area contributed by atoms with Crippen molar-refractivity contribution in [3.05, 3.63) is 81.7 Å². The van der Waals surface area contributed by atoms with Crippen LogP contribution in [0.3, 0.4) is 0 Å². The standard InChI is InChI=1S/C27H27FN6O3/c1-27(2,3)34-25(30-31-32-34)24(33-10-8-17(9-11-33)16-4-6-19(28)7-5-16)20-12-18-13-22-23(37-15-36-22)14-21(18)29-26(20)35/h4-8,12-14,24H,9-11,15H2,1-3H3,(H,29,35)/t24-/m1/s1. The lowest BCUT2D eigenvalue weighted by Gasteiger charge is -2.34. The van der Waals surface area contributed by atoms with Gasteiger partial charge in [-0.1, -0.05) is 18.2 Å². The summed E-state index contributed by atoms with van der Waals surface area (Å²) in [6.45, 7) is 7.48. The lowest BCUT2D eigenvalue weighted by molar-refractivity contribution is 0.174.